The predicted octanol–water partition coefficient (Wildman–Crippen LogP) is 1.31. The second-order valence-corrected chi connectivity index (χ2v) is 7.23. The molecule has 94 valence electrons. The maximum atomic E-state index is 11.1. The maximum absolute atomic E-state index is 11.1. The van der Waals surface area contributed by atoms with Crippen LogP contribution in [0.1, 0.15) is 33.1 Å². The third-order valence-corrected chi connectivity index (χ3v) is 5.41. The minimum atomic E-state index is -4.01. The lowest BCUT2D eigenvalue weighted by Gasteiger charge is -2.36. The van der Waals surface area contributed by atoms with Crippen molar-refractivity contribution in [2.45, 2.75) is 39.2 Å². The monoisotopic (exact) mass is 248 g/mol. The smallest absolute Gasteiger partial charge is 0.265 e. The number of fused-ring (bicyclic) bond motifs is 2. The van der Waals surface area contributed by atoms with Gasteiger partial charge in [-0.2, -0.15) is 8.42 Å². The van der Waals surface area contributed by atoms with Crippen LogP contribution in [0.4, 0.5) is 0 Å². The Kier molecular flexibility index (Phi) is 2.84. The highest BCUT2D eigenvalue weighted by atomic mass is 32.2. The fourth-order valence-corrected chi connectivity index (χ4v) is 5.47. The fraction of sp³-hybridized carbons (Fsp3) is 1.00. The maximum Gasteiger partial charge on any atom is 0.265 e. The minimum Gasteiger partial charge on any atom is -0.392 e. The van der Waals surface area contributed by atoms with Crippen molar-refractivity contribution in [1.29, 1.82) is 0 Å². The lowest BCUT2D eigenvalue weighted by molar-refractivity contribution is 0.0295. The van der Waals surface area contributed by atoms with E-state index in [1.54, 1.807) is 0 Å². The van der Waals surface area contributed by atoms with Crippen molar-refractivity contribution in [3.63, 3.8) is 0 Å². The van der Waals surface area contributed by atoms with E-state index in [1.165, 1.54) is 0 Å². The standard InChI is InChI=1S/C11H20O4S/c1-7(2)10-8-3-4-11(10,9(12)5-8)6-16(13,14)15/h7-10,12H,3-6H2,1-2H3,(H,13,14,15). The molecular weight excluding hydrogens is 228 g/mol. The molecule has 2 bridgehead atoms. The molecule has 2 N–H and O–H groups in total. The summed E-state index contributed by atoms with van der Waals surface area (Å²) in [5, 5.41) is 10.1. The summed E-state index contributed by atoms with van der Waals surface area (Å²) in [6, 6.07) is 0. The molecule has 4 nitrogen and oxygen atoms in total. The van der Waals surface area contributed by atoms with Crippen LogP contribution < -0.4 is 0 Å². The number of hydrogen-bond donors (Lipinski definition) is 2. The molecular formula is C11H20O4S. The van der Waals surface area contributed by atoms with Crippen LogP contribution >= 0.6 is 0 Å². The molecule has 0 aromatic heterocycles. The van der Waals surface area contributed by atoms with Crippen molar-refractivity contribution < 1.29 is 18.1 Å². The van der Waals surface area contributed by atoms with Gasteiger partial charge in [-0.15, -0.1) is 0 Å². The van der Waals surface area contributed by atoms with E-state index in [9.17, 15) is 13.5 Å². The Labute approximate surface area is 96.8 Å². The zero-order chi connectivity index (χ0) is 12.1. The molecule has 0 amide bonds. The molecule has 2 aliphatic carbocycles. The summed E-state index contributed by atoms with van der Waals surface area (Å²) in [5.74, 6) is 0.730. The Morgan fingerprint density at radius 3 is 2.50 bits per heavy atom. The van der Waals surface area contributed by atoms with Crippen LogP contribution in [0, 0.1) is 23.2 Å². The normalized spacial score (nSPS) is 43.2. The quantitative estimate of drug-likeness (QED) is 0.738. The summed E-state index contributed by atoms with van der Waals surface area (Å²) in [7, 11) is -4.01. The van der Waals surface area contributed by atoms with Gasteiger partial charge in [-0.1, -0.05) is 13.8 Å². The van der Waals surface area contributed by atoms with Crippen LogP contribution in [0.3, 0.4) is 0 Å². The molecule has 2 aliphatic rings. The molecule has 2 saturated carbocycles. The lowest BCUT2D eigenvalue weighted by atomic mass is 9.74. The van der Waals surface area contributed by atoms with Crippen molar-refractivity contribution in [1.82, 2.24) is 0 Å². The Morgan fingerprint density at radius 1 is 1.44 bits per heavy atom. The third-order valence-electron chi connectivity index (χ3n) is 4.51. The number of aliphatic hydroxyl groups excluding tert-OH is 1. The molecule has 0 aromatic carbocycles. The average molecular weight is 248 g/mol. The molecule has 16 heavy (non-hydrogen) atoms. The van der Waals surface area contributed by atoms with E-state index in [4.69, 9.17) is 4.55 Å². The van der Waals surface area contributed by atoms with Gasteiger partial charge < -0.3 is 5.11 Å². The summed E-state index contributed by atoms with van der Waals surface area (Å²) < 4.78 is 31.3. The van der Waals surface area contributed by atoms with Gasteiger partial charge in [-0.25, -0.2) is 0 Å². The largest absolute Gasteiger partial charge is 0.392 e. The highest BCUT2D eigenvalue weighted by Gasteiger charge is 2.60. The Balaban J connectivity index is 2.34. The van der Waals surface area contributed by atoms with Crippen molar-refractivity contribution in [3.8, 4) is 0 Å². The SMILES string of the molecule is CC(C)C1C2CCC1(CS(=O)(=O)O)C(O)C2. The molecule has 0 aromatic rings. The van der Waals surface area contributed by atoms with Gasteiger partial charge in [0.2, 0.25) is 0 Å². The lowest BCUT2D eigenvalue weighted by Crippen LogP contribution is -2.42. The molecule has 2 fully saturated rings. The van der Waals surface area contributed by atoms with Gasteiger partial charge in [0.05, 0.1) is 11.9 Å². The van der Waals surface area contributed by atoms with Crippen LogP contribution in [0.15, 0.2) is 0 Å². The zero-order valence-electron chi connectivity index (χ0n) is 9.76. The first-order chi connectivity index (χ1) is 7.26. The van der Waals surface area contributed by atoms with Crippen molar-refractivity contribution in [3.05, 3.63) is 0 Å². The Hall–Kier alpha value is -0.130. The average Bonchev–Trinajstić information content (AvgIpc) is 2.52. The molecule has 0 saturated heterocycles. The fourth-order valence-electron chi connectivity index (χ4n) is 4.26. The highest BCUT2D eigenvalue weighted by Crippen LogP contribution is 2.61. The first kappa shape index (κ1) is 12.3. The second-order valence-electron chi connectivity index (χ2n) is 5.78. The third kappa shape index (κ3) is 1.79. The van der Waals surface area contributed by atoms with Gasteiger partial charge in [0.1, 0.15) is 0 Å². The van der Waals surface area contributed by atoms with Crippen molar-refractivity contribution >= 4 is 10.1 Å². The molecule has 0 heterocycles. The van der Waals surface area contributed by atoms with E-state index in [2.05, 4.69) is 13.8 Å². The number of aliphatic hydroxyl groups is 1. The van der Waals surface area contributed by atoms with Gasteiger partial charge in [-0.05, 0) is 37.0 Å². The van der Waals surface area contributed by atoms with Crippen LogP contribution in [-0.4, -0.2) is 29.9 Å². The van der Waals surface area contributed by atoms with Crippen LogP contribution in [-0.2, 0) is 10.1 Å². The predicted molar refractivity (Wildman–Crippen MR) is 60.5 cm³/mol. The first-order valence-electron chi connectivity index (χ1n) is 5.89. The molecule has 0 radical (unpaired) electrons. The summed E-state index contributed by atoms with van der Waals surface area (Å²) in [6.45, 7) is 4.14. The second kappa shape index (κ2) is 3.68. The number of hydrogen-bond acceptors (Lipinski definition) is 3. The minimum absolute atomic E-state index is 0.226. The Bertz CT molecular complexity index is 375. The van der Waals surface area contributed by atoms with Gasteiger partial charge in [0.25, 0.3) is 10.1 Å². The molecule has 2 rings (SSSR count). The van der Waals surface area contributed by atoms with Crippen LogP contribution in [0.2, 0.25) is 0 Å². The van der Waals surface area contributed by atoms with E-state index in [0.29, 0.717) is 18.3 Å². The highest BCUT2D eigenvalue weighted by molar-refractivity contribution is 7.85. The van der Waals surface area contributed by atoms with Crippen molar-refractivity contribution in [2.24, 2.45) is 23.2 Å². The molecule has 0 aliphatic heterocycles. The number of rotatable bonds is 3. The zero-order valence-corrected chi connectivity index (χ0v) is 10.6. The summed E-state index contributed by atoms with van der Waals surface area (Å²) in [4.78, 5) is 0. The summed E-state index contributed by atoms with van der Waals surface area (Å²) >= 11 is 0. The van der Waals surface area contributed by atoms with E-state index < -0.39 is 21.6 Å². The molecule has 0 spiro atoms. The topological polar surface area (TPSA) is 74.6 Å². The van der Waals surface area contributed by atoms with E-state index in [-0.39, 0.29) is 11.7 Å². The van der Waals surface area contributed by atoms with Crippen LogP contribution in [0.25, 0.3) is 0 Å². The van der Waals surface area contributed by atoms with Gasteiger partial charge in [-0.3, -0.25) is 4.55 Å². The van der Waals surface area contributed by atoms with Gasteiger partial charge >= 0.3 is 0 Å². The molecule has 5 heteroatoms. The Morgan fingerprint density at radius 2 is 2.06 bits per heavy atom. The van der Waals surface area contributed by atoms with Gasteiger partial charge in [0, 0.05) is 5.41 Å². The van der Waals surface area contributed by atoms with E-state index in [1.807, 2.05) is 0 Å². The summed E-state index contributed by atoms with van der Waals surface area (Å²) in [6.07, 6.45) is 1.83. The summed E-state index contributed by atoms with van der Waals surface area (Å²) in [5.41, 5.74) is -0.591. The van der Waals surface area contributed by atoms with E-state index in [0.717, 1.165) is 12.8 Å². The van der Waals surface area contributed by atoms with E-state index >= 15 is 0 Å². The molecule has 4 atom stereocenters. The van der Waals surface area contributed by atoms with Crippen molar-refractivity contribution in [2.75, 3.05) is 5.75 Å². The van der Waals surface area contributed by atoms with Gasteiger partial charge in [0.15, 0.2) is 0 Å². The first-order valence-corrected chi connectivity index (χ1v) is 7.50. The molecule has 4 unspecified atom stereocenters. The van der Waals surface area contributed by atoms with Crippen LogP contribution in [0.5, 0.6) is 0 Å².